The Balaban J connectivity index is 0.00000288. The van der Waals surface area contributed by atoms with Crippen molar-refractivity contribution in [2.45, 2.75) is 52.2 Å². The number of hydrogen-bond acceptors (Lipinski definition) is 2. The first-order chi connectivity index (χ1) is 11.4. The normalized spacial score (nSPS) is 10.2. The van der Waals surface area contributed by atoms with Crippen LogP contribution in [-0.4, -0.2) is 6.54 Å². The lowest BCUT2D eigenvalue weighted by Gasteiger charge is -2.08. The van der Waals surface area contributed by atoms with Crippen molar-refractivity contribution in [1.82, 2.24) is 5.32 Å². The number of rotatable bonds is 11. The highest BCUT2D eigenvalue weighted by atomic mass is 35.5. The van der Waals surface area contributed by atoms with Gasteiger partial charge in [0.15, 0.2) is 0 Å². The maximum Gasteiger partial charge on any atom is 0.119 e. The van der Waals surface area contributed by atoms with Crippen LogP contribution in [0, 0.1) is 0 Å². The average Bonchev–Trinajstić information content (AvgIpc) is 2.61. The zero-order chi connectivity index (χ0) is 16.2. The molecule has 0 aromatic heterocycles. The highest BCUT2D eigenvalue weighted by molar-refractivity contribution is 5.85. The highest BCUT2D eigenvalue weighted by Crippen LogP contribution is 2.14. The Kier molecular flexibility index (Phi) is 11.0. The fourth-order valence-corrected chi connectivity index (χ4v) is 2.53. The molecular formula is C21H30ClNO. The number of hydrogen-bond donors (Lipinski definition) is 1. The van der Waals surface area contributed by atoms with Crippen LogP contribution < -0.4 is 10.1 Å². The molecular weight excluding hydrogens is 318 g/mol. The molecule has 0 unspecified atom stereocenters. The largest absolute Gasteiger partial charge is 0.489 e. The molecule has 0 bridgehead atoms. The van der Waals surface area contributed by atoms with E-state index in [1.54, 1.807) is 0 Å². The first-order valence-electron chi connectivity index (χ1n) is 8.85. The van der Waals surface area contributed by atoms with Crippen molar-refractivity contribution in [2.75, 3.05) is 6.54 Å². The molecule has 2 nitrogen and oxygen atoms in total. The van der Waals surface area contributed by atoms with Gasteiger partial charge < -0.3 is 10.1 Å². The lowest BCUT2D eigenvalue weighted by molar-refractivity contribution is 0.306. The summed E-state index contributed by atoms with van der Waals surface area (Å²) in [6, 6.07) is 18.7. The van der Waals surface area contributed by atoms with Gasteiger partial charge in [0.2, 0.25) is 0 Å². The fourth-order valence-electron chi connectivity index (χ4n) is 2.53. The van der Waals surface area contributed by atoms with Crippen molar-refractivity contribution < 1.29 is 4.74 Å². The molecule has 0 radical (unpaired) electrons. The summed E-state index contributed by atoms with van der Waals surface area (Å²) in [5, 5.41) is 3.52. The molecule has 2 aromatic rings. The monoisotopic (exact) mass is 347 g/mol. The predicted octanol–water partition coefficient (Wildman–Crippen LogP) is 5.75. The van der Waals surface area contributed by atoms with Crippen molar-refractivity contribution in [3.63, 3.8) is 0 Å². The maximum absolute atomic E-state index is 5.81. The molecule has 2 rings (SSSR count). The molecule has 0 atom stereocenters. The average molecular weight is 348 g/mol. The number of nitrogens with one attached hydrogen (secondary N) is 1. The van der Waals surface area contributed by atoms with Crippen LogP contribution in [0.5, 0.6) is 5.75 Å². The van der Waals surface area contributed by atoms with Crippen LogP contribution in [0.15, 0.2) is 54.6 Å². The third kappa shape index (κ3) is 8.37. The molecule has 3 heteroatoms. The first-order valence-corrected chi connectivity index (χ1v) is 8.85. The Morgan fingerprint density at radius 1 is 0.792 bits per heavy atom. The van der Waals surface area contributed by atoms with Crippen LogP contribution in [-0.2, 0) is 13.2 Å². The Bertz CT molecular complexity index is 527. The molecule has 0 saturated heterocycles. The summed E-state index contributed by atoms with van der Waals surface area (Å²) in [5.74, 6) is 0.928. The molecule has 0 aliphatic carbocycles. The molecule has 24 heavy (non-hydrogen) atoms. The molecule has 132 valence electrons. The molecule has 0 heterocycles. The van der Waals surface area contributed by atoms with Gasteiger partial charge in [-0.1, -0.05) is 75.1 Å². The van der Waals surface area contributed by atoms with Gasteiger partial charge in [-0.3, -0.25) is 0 Å². The van der Waals surface area contributed by atoms with Crippen LogP contribution in [0.4, 0.5) is 0 Å². The zero-order valence-electron chi connectivity index (χ0n) is 14.7. The van der Waals surface area contributed by atoms with Crippen LogP contribution in [0.1, 0.15) is 50.2 Å². The van der Waals surface area contributed by atoms with Gasteiger partial charge in [0.1, 0.15) is 12.4 Å². The standard InChI is InChI=1S/C21H29NO.ClH/c1-2-3-4-5-9-16-22-17-19-12-14-21(15-13-19)23-18-20-10-7-6-8-11-20;/h6-8,10-15,22H,2-5,9,16-18H2,1H3;1H. The lowest BCUT2D eigenvalue weighted by atomic mass is 10.1. The second kappa shape index (κ2) is 12.9. The van der Waals surface area contributed by atoms with Gasteiger partial charge in [0.25, 0.3) is 0 Å². The van der Waals surface area contributed by atoms with E-state index in [1.807, 2.05) is 18.2 Å². The summed E-state index contributed by atoms with van der Waals surface area (Å²) in [6.07, 6.45) is 6.66. The zero-order valence-corrected chi connectivity index (χ0v) is 15.5. The van der Waals surface area contributed by atoms with Crippen LogP contribution in [0.25, 0.3) is 0 Å². The van der Waals surface area contributed by atoms with Crippen molar-refractivity contribution in [3.8, 4) is 5.75 Å². The van der Waals surface area contributed by atoms with Crippen molar-refractivity contribution in [1.29, 1.82) is 0 Å². The van der Waals surface area contributed by atoms with E-state index in [4.69, 9.17) is 4.74 Å². The minimum Gasteiger partial charge on any atom is -0.489 e. The van der Waals surface area contributed by atoms with E-state index in [2.05, 4.69) is 48.6 Å². The summed E-state index contributed by atoms with van der Waals surface area (Å²) in [6.45, 7) is 4.92. The Labute approximate surface area is 153 Å². The van der Waals surface area contributed by atoms with E-state index >= 15 is 0 Å². The van der Waals surface area contributed by atoms with Crippen LogP contribution in [0.3, 0.4) is 0 Å². The van der Waals surface area contributed by atoms with Crippen molar-refractivity contribution in [2.24, 2.45) is 0 Å². The minimum atomic E-state index is 0. The topological polar surface area (TPSA) is 21.3 Å². The van der Waals surface area contributed by atoms with Gasteiger partial charge in [-0.05, 0) is 36.2 Å². The minimum absolute atomic E-state index is 0. The quantitative estimate of drug-likeness (QED) is 0.523. The van der Waals surface area contributed by atoms with Gasteiger partial charge >= 0.3 is 0 Å². The molecule has 0 aliphatic rings. The predicted molar refractivity (Wildman–Crippen MR) is 105 cm³/mol. The van der Waals surface area contributed by atoms with Gasteiger partial charge in [0.05, 0.1) is 0 Å². The molecule has 0 fully saturated rings. The fraction of sp³-hybridized carbons (Fsp3) is 0.429. The summed E-state index contributed by atoms with van der Waals surface area (Å²) in [5.41, 5.74) is 2.51. The third-order valence-electron chi connectivity index (χ3n) is 3.96. The first kappa shape index (κ1) is 20.5. The molecule has 0 aliphatic heterocycles. The Morgan fingerprint density at radius 3 is 2.21 bits per heavy atom. The van der Waals surface area contributed by atoms with Crippen LogP contribution in [0.2, 0.25) is 0 Å². The molecule has 0 saturated carbocycles. The second-order valence-corrected chi connectivity index (χ2v) is 6.01. The smallest absolute Gasteiger partial charge is 0.119 e. The SMILES string of the molecule is CCCCCCCNCc1ccc(OCc2ccccc2)cc1.Cl. The number of benzene rings is 2. The van der Waals surface area contributed by atoms with Crippen molar-refractivity contribution in [3.05, 3.63) is 65.7 Å². The van der Waals surface area contributed by atoms with Crippen LogP contribution >= 0.6 is 12.4 Å². The van der Waals surface area contributed by atoms with E-state index in [9.17, 15) is 0 Å². The van der Waals surface area contributed by atoms with Gasteiger partial charge in [0, 0.05) is 6.54 Å². The Morgan fingerprint density at radius 2 is 1.50 bits per heavy atom. The summed E-state index contributed by atoms with van der Waals surface area (Å²) >= 11 is 0. The number of halogens is 1. The van der Waals surface area contributed by atoms with E-state index in [1.165, 1.54) is 43.2 Å². The van der Waals surface area contributed by atoms with E-state index in [-0.39, 0.29) is 12.4 Å². The lowest BCUT2D eigenvalue weighted by Crippen LogP contribution is -2.14. The summed E-state index contributed by atoms with van der Waals surface area (Å²) in [4.78, 5) is 0. The van der Waals surface area contributed by atoms with Gasteiger partial charge in [-0.15, -0.1) is 12.4 Å². The van der Waals surface area contributed by atoms with E-state index in [0.29, 0.717) is 6.61 Å². The summed E-state index contributed by atoms with van der Waals surface area (Å²) < 4.78 is 5.81. The molecule has 0 spiro atoms. The summed E-state index contributed by atoms with van der Waals surface area (Å²) in [7, 11) is 0. The molecule has 2 aromatic carbocycles. The van der Waals surface area contributed by atoms with E-state index < -0.39 is 0 Å². The van der Waals surface area contributed by atoms with Crippen molar-refractivity contribution >= 4 is 12.4 Å². The number of ether oxygens (including phenoxy) is 1. The Hall–Kier alpha value is -1.51. The molecule has 0 amide bonds. The van der Waals surface area contributed by atoms with Gasteiger partial charge in [-0.25, -0.2) is 0 Å². The van der Waals surface area contributed by atoms with Gasteiger partial charge in [-0.2, -0.15) is 0 Å². The second-order valence-electron chi connectivity index (χ2n) is 6.01. The third-order valence-corrected chi connectivity index (χ3v) is 3.96. The molecule has 1 N–H and O–H groups in total. The highest BCUT2D eigenvalue weighted by Gasteiger charge is 1.97. The number of unbranched alkanes of at least 4 members (excludes halogenated alkanes) is 4. The van der Waals surface area contributed by atoms with E-state index in [0.717, 1.165) is 18.8 Å². The maximum atomic E-state index is 5.81.